The third kappa shape index (κ3) is 8.47. The van der Waals surface area contributed by atoms with Crippen LogP contribution in [-0.4, -0.2) is 70.5 Å². The van der Waals surface area contributed by atoms with E-state index in [1.54, 1.807) is 0 Å². The second-order valence-electron chi connectivity index (χ2n) is 8.38. The number of aromatic nitrogens is 2. The lowest BCUT2D eigenvalue weighted by atomic mass is 10.0. The van der Waals surface area contributed by atoms with E-state index in [1.807, 2.05) is 11.9 Å². The zero-order valence-corrected chi connectivity index (χ0v) is 21.4. The van der Waals surface area contributed by atoms with Crippen molar-refractivity contribution >= 4 is 34.7 Å². The molecule has 9 nitrogen and oxygen atoms in total. The lowest BCUT2D eigenvalue weighted by Crippen LogP contribution is -2.44. The van der Waals surface area contributed by atoms with E-state index in [0.29, 0.717) is 18.0 Å². The van der Waals surface area contributed by atoms with Gasteiger partial charge in [0, 0.05) is 50.6 Å². The molecular weight excluding hydrogens is 540 g/mol. The normalized spacial score (nSPS) is 14.0. The summed E-state index contributed by atoms with van der Waals surface area (Å²) in [4.78, 5) is 33.3. The molecule has 0 saturated carbocycles. The van der Waals surface area contributed by atoms with E-state index in [2.05, 4.69) is 32.0 Å². The van der Waals surface area contributed by atoms with Crippen molar-refractivity contribution in [2.24, 2.45) is 0 Å². The molecule has 4 N–H and O–H groups in total. The van der Waals surface area contributed by atoms with Crippen molar-refractivity contribution in [1.82, 2.24) is 19.8 Å². The molecule has 1 aliphatic rings. The minimum absolute atomic E-state index is 0.0295. The van der Waals surface area contributed by atoms with Gasteiger partial charge in [0.05, 0.1) is 22.2 Å². The number of hydrogen-bond acceptors (Lipinski definition) is 8. The molecule has 3 aromatic rings. The number of hydrogen-bond donors (Lipinski definition) is 3. The van der Waals surface area contributed by atoms with E-state index in [1.165, 1.54) is 24.5 Å². The average molecular weight is 565 g/mol. The molecular formula is C25H24F4N6O3S. The Morgan fingerprint density at radius 2 is 1.87 bits per heavy atom. The molecule has 14 heteroatoms. The molecule has 39 heavy (non-hydrogen) atoms. The number of carbonyl (C=O) groups excluding carboxylic acids is 1. The van der Waals surface area contributed by atoms with Gasteiger partial charge < -0.3 is 15.7 Å². The molecule has 206 valence electrons. The summed E-state index contributed by atoms with van der Waals surface area (Å²) in [6.45, 7) is 2.82. The summed E-state index contributed by atoms with van der Waals surface area (Å²) in [6, 6.07) is 4.64. The Morgan fingerprint density at radius 3 is 2.51 bits per heavy atom. The molecule has 4 rings (SSSR count). The first-order valence-corrected chi connectivity index (χ1v) is 12.2. The first-order chi connectivity index (χ1) is 18.5. The lowest BCUT2D eigenvalue weighted by Gasteiger charge is -2.33. The summed E-state index contributed by atoms with van der Waals surface area (Å²) in [5.41, 5.74) is 4.60. The predicted molar refractivity (Wildman–Crippen MR) is 138 cm³/mol. The molecule has 1 fully saturated rings. The van der Waals surface area contributed by atoms with Crippen LogP contribution < -0.4 is 11.1 Å². The van der Waals surface area contributed by atoms with Crippen LogP contribution in [0.15, 0.2) is 36.7 Å². The first-order valence-electron chi connectivity index (χ1n) is 11.4. The summed E-state index contributed by atoms with van der Waals surface area (Å²) in [6.07, 6.45) is -2.03. The maximum atomic E-state index is 13.8. The molecule has 1 aromatic carbocycles. The van der Waals surface area contributed by atoms with Gasteiger partial charge in [-0.2, -0.15) is 13.2 Å². The third-order valence-corrected chi connectivity index (χ3v) is 6.42. The number of carbonyl (C=O) groups is 2. The van der Waals surface area contributed by atoms with Gasteiger partial charge in [-0.05, 0) is 30.7 Å². The largest absolute Gasteiger partial charge is 0.483 e. The Bertz CT molecular complexity index is 1380. The fourth-order valence-electron chi connectivity index (χ4n) is 3.59. The monoisotopic (exact) mass is 564 g/mol. The maximum absolute atomic E-state index is 13.8. The quantitative estimate of drug-likeness (QED) is 0.250. The molecule has 0 atom stereocenters. The van der Waals surface area contributed by atoms with Crippen LogP contribution >= 0.6 is 11.3 Å². The number of carboxylic acid groups (broad SMARTS) is 1. The molecule has 1 saturated heterocycles. The second-order valence-corrected chi connectivity index (χ2v) is 9.41. The van der Waals surface area contributed by atoms with Gasteiger partial charge in [-0.3, -0.25) is 19.8 Å². The number of likely N-dealkylation sites (N-methyl/N-ethyl adjacent to an activating group) is 1. The van der Waals surface area contributed by atoms with Crippen LogP contribution in [0.5, 0.6) is 0 Å². The Labute approximate surface area is 225 Å². The number of piperazine rings is 1. The smallest absolute Gasteiger partial charge is 0.416 e. The van der Waals surface area contributed by atoms with Gasteiger partial charge in [-0.25, -0.2) is 14.4 Å². The topological polar surface area (TPSA) is 125 Å². The Balaban J connectivity index is 0.00000134. The fraction of sp³-hybridized carbons (Fsp3) is 0.280. The van der Waals surface area contributed by atoms with E-state index >= 15 is 0 Å². The van der Waals surface area contributed by atoms with Gasteiger partial charge in [0.25, 0.3) is 12.4 Å². The van der Waals surface area contributed by atoms with Crippen LogP contribution in [0, 0.1) is 17.7 Å². The van der Waals surface area contributed by atoms with Crippen molar-refractivity contribution in [1.29, 1.82) is 0 Å². The highest BCUT2D eigenvalue weighted by molar-refractivity contribution is 7.16. The van der Waals surface area contributed by atoms with Crippen LogP contribution in [-0.2, 0) is 17.5 Å². The molecule has 1 aliphatic heterocycles. The van der Waals surface area contributed by atoms with Gasteiger partial charge in [0.1, 0.15) is 11.6 Å². The summed E-state index contributed by atoms with van der Waals surface area (Å²) >= 11 is 1.00. The Hall–Kier alpha value is -4.06. The highest BCUT2D eigenvalue weighted by Crippen LogP contribution is 2.34. The van der Waals surface area contributed by atoms with Gasteiger partial charge >= 0.3 is 6.18 Å². The number of benzene rings is 1. The Morgan fingerprint density at radius 1 is 1.18 bits per heavy atom. The number of thiazole rings is 1. The number of rotatable bonds is 4. The first kappa shape index (κ1) is 29.5. The SMILES string of the molecule is CN1CCN(Cc2ccc(C(=O)Nc3ncc(C#Cc4cnc(N)cc4F)s3)cc2C(F)(F)F)CC1.O=CO. The van der Waals surface area contributed by atoms with Crippen LogP contribution in [0.4, 0.5) is 28.5 Å². The van der Waals surface area contributed by atoms with Crippen LogP contribution in [0.2, 0.25) is 0 Å². The summed E-state index contributed by atoms with van der Waals surface area (Å²) in [5, 5.41) is 9.53. The highest BCUT2D eigenvalue weighted by atomic mass is 32.1. The van der Waals surface area contributed by atoms with Gasteiger partial charge in [0.2, 0.25) is 0 Å². The minimum Gasteiger partial charge on any atom is -0.483 e. The highest BCUT2D eigenvalue weighted by Gasteiger charge is 2.34. The van der Waals surface area contributed by atoms with Gasteiger partial charge in [0.15, 0.2) is 5.13 Å². The summed E-state index contributed by atoms with van der Waals surface area (Å²) < 4.78 is 55.2. The van der Waals surface area contributed by atoms with Crippen molar-refractivity contribution < 1.29 is 32.3 Å². The van der Waals surface area contributed by atoms with E-state index in [9.17, 15) is 22.4 Å². The zero-order chi connectivity index (χ0) is 28.6. The maximum Gasteiger partial charge on any atom is 0.416 e. The van der Waals surface area contributed by atoms with Crippen molar-refractivity contribution in [2.45, 2.75) is 12.7 Å². The van der Waals surface area contributed by atoms with Crippen molar-refractivity contribution in [3.8, 4) is 11.8 Å². The minimum atomic E-state index is -4.60. The Kier molecular flexibility index (Phi) is 9.94. The second kappa shape index (κ2) is 13.1. The number of nitrogens with one attached hydrogen (secondary N) is 1. The van der Waals surface area contributed by atoms with Crippen molar-refractivity contribution in [3.05, 3.63) is 69.6 Å². The van der Waals surface area contributed by atoms with Crippen LogP contribution in [0.3, 0.4) is 0 Å². The molecule has 1 amide bonds. The standard InChI is InChI=1S/C24H22F4N6OS.CH2O2/c1-33-6-8-34(9-7-33)14-17-3-2-15(10-19(17)24(26,27)28)22(35)32-23-31-13-18(36-23)5-4-16-12-30-21(29)11-20(16)25;2-1-3/h2-3,10-13H,6-9,14H2,1H3,(H2,29,30)(H,31,32,35);1H,(H,2,3). The molecule has 3 heterocycles. The molecule has 0 unspecified atom stereocenters. The third-order valence-electron chi connectivity index (χ3n) is 5.59. The summed E-state index contributed by atoms with van der Waals surface area (Å²) in [7, 11) is 1.97. The molecule has 2 aromatic heterocycles. The number of pyridine rings is 1. The average Bonchev–Trinajstić information content (AvgIpc) is 3.32. The number of nitrogen functional groups attached to an aromatic ring is 1. The van der Waals surface area contributed by atoms with Gasteiger partial charge in [-0.15, -0.1) is 0 Å². The molecule has 0 radical (unpaired) electrons. The van der Waals surface area contributed by atoms with E-state index < -0.39 is 23.5 Å². The number of anilines is 2. The van der Waals surface area contributed by atoms with Crippen LogP contribution in [0.25, 0.3) is 0 Å². The van der Waals surface area contributed by atoms with Crippen molar-refractivity contribution in [2.75, 3.05) is 44.3 Å². The van der Waals surface area contributed by atoms with Crippen LogP contribution in [0.1, 0.15) is 31.9 Å². The molecule has 0 bridgehead atoms. The van der Waals surface area contributed by atoms with Crippen molar-refractivity contribution in [3.63, 3.8) is 0 Å². The summed E-state index contributed by atoms with van der Waals surface area (Å²) in [5.74, 6) is 4.00. The molecule has 0 aliphatic carbocycles. The van der Waals surface area contributed by atoms with E-state index in [-0.39, 0.29) is 40.7 Å². The lowest BCUT2D eigenvalue weighted by molar-refractivity contribution is -0.138. The fourth-order valence-corrected chi connectivity index (χ4v) is 4.26. The number of nitrogens with zero attached hydrogens (tertiary/aromatic N) is 4. The van der Waals surface area contributed by atoms with E-state index in [0.717, 1.165) is 36.6 Å². The predicted octanol–water partition coefficient (Wildman–Crippen LogP) is 3.38. The van der Waals surface area contributed by atoms with Gasteiger partial charge in [-0.1, -0.05) is 23.3 Å². The number of amides is 1. The number of halogens is 4. The van der Waals surface area contributed by atoms with E-state index in [4.69, 9.17) is 15.6 Å². The zero-order valence-electron chi connectivity index (χ0n) is 20.6. The number of nitrogens with two attached hydrogens (primary N) is 1. The number of alkyl halides is 3. The molecule has 0 spiro atoms.